The van der Waals surface area contributed by atoms with Crippen molar-refractivity contribution in [2.45, 2.75) is 19.5 Å². The number of hydroxylamine groups is 2. The highest BCUT2D eigenvalue weighted by Crippen LogP contribution is 2.33. The van der Waals surface area contributed by atoms with Gasteiger partial charge in [-0.3, -0.25) is 0 Å². The van der Waals surface area contributed by atoms with Crippen molar-refractivity contribution in [1.29, 1.82) is 0 Å². The van der Waals surface area contributed by atoms with Crippen LogP contribution < -0.4 is 31.9 Å². The van der Waals surface area contributed by atoms with Crippen LogP contribution in [0.5, 0.6) is 0 Å². The molecule has 3 aromatic heterocycles. The van der Waals surface area contributed by atoms with E-state index in [0.717, 1.165) is 11.3 Å². The third-order valence-corrected chi connectivity index (χ3v) is 6.89. The number of pyridine rings is 2. The molecule has 38 heavy (non-hydrogen) atoms. The van der Waals surface area contributed by atoms with Gasteiger partial charge in [0, 0.05) is 30.8 Å². The Morgan fingerprint density at radius 2 is 1.84 bits per heavy atom. The third-order valence-electron chi connectivity index (χ3n) is 6.26. The summed E-state index contributed by atoms with van der Waals surface area (Å²) >= 11 is 12.7. The number of nitro groups is 1. The van der Waals surface area contributed by atoms with Gasteiger partial charge in [-0.05, 0) is 41.1 Å². The summed E-state index contributed by atoms with van der Waals surface area (Å²) in [7, 11) is 1.72. The fourth-order valence-electron chi connectivity index (χ4n) is 4.30. The smallest absolute Gasteiger partial charge is 0.391 e. The molecule has 0 fully saturated rings. The van der Waals surface area contributed by atoms with Crippen LogP contribution in [0.1, 0.15) is 35.5 Å². The molecule has 0 aliphatic carbocycles. The van der Waals surface area contributed by atoms with Gasteiger partial charge < -0.3 is 47.3 Å². The van der Waals surface area contributed by atoms with E-state index in [2.05, 4.69) is 10.3 Å². The molecule has 196 valence electrons. The number of fused-ring (bicyclic) bond motifs is 1. The van der Waals surface area contributed by atoms with Gasteiger partial charge >= 0.3 is 5.82 Å². The Balaban J connectivity index is 0.00000336. The first-order valence-electron chi connectivity index (χ1n) is 11.3. The third kappa shape index (κ3) is 5.29. The highest BCUT2D eigenvalue weighted by molar-refractivity contribution is 6.37. The molecule has 0 saturated carbocycles. The SMILES string of the molecule is CC1c2nc(Nc3cc[n+](Cc4c([N+](=O)[O-])ncn4C)cc3)ccc2C=C(c2c(Cl)cccc2Cl)[NH+]1[O-].[Br-]. The van der Waals surface area contributed by atoms with Gasteiger partial charge in [0.1, 0.15) is 23.3 Å². The lowest BCUT2D eigenvalue weighted by Gasteiger charge is -2.35. The van der Waals surface area contributed by atoms with E-state index in [1.165, 1.54) is 6.33 Å². The van der Waals surface area contributed by atoms with Crippen LogP contribution >= 0.6 is 23.2 Å². The van der Waals surface area contributed by atoms with Crippen LogP contribution in [0.25, 0.3) is 11.8 Å². The quantitative estimate of drug-likeness (QED) is 0.145. The first kappa shape index (κ1) is 27.7. The normalized spacial score (nSPS) is 16.3. The molecule has 1 aromatic carbocycles. The Kier molecular flexibility index (Phi) is 8.14. The zero-order chi connectivity index (χ0) is 26.3. The topological polar surface area (TPSA) is 117 Å². The van der Waals surface area contributed by atoms with Crippen molar-refractivity contribution >= 4 is 52.3 Å². The van der Waals surface area contributed by atoms with Crippen molar-refractivity contribution in [2.75, 3.05) is 5.32 Å². The average Bonchev–Trinajstić information content (AvgIpc) is 3.23. The van der Waals surface area contributed by atoms with E-state index < -0.39 is 11.0 Å². The highest BCUT2D eigenvalue weighted by Gasteiger charge is 2.30. The molecular formula is C25H22BrCl2N7O3. The van der Waals surface area contributed by atoms with Gasteiger partial charge in [0.05, 0.1) is 21.3 Å². The standard InChI is InChI=1S/C25H21Cl2N7O3.BrH/c1-15-24-16(12-20(33(15)35)23-18(26)4-3-5-19(23)27)6-7-22(30-24)29-17-8-10-32(11-9-17)13-21-25(34(36)37)28-14-31(21)2;/h3-12,14-15,33H,13H2,1-2H3;1H. The van der Waals surface area contributed by atoms with Gasteiger partial charge in [-0.2, -0.15) is 4.57 Å². The Labute approximate surface area is 238 Å². The molecule has 0 amide bonds. The first-order chi connectivity index (χ1) is 17.7. The number of quaternary nitrogens is 1. The lowest BCUT2D eigenvalue weighted by Crippen LogP contribution is -3.05. The molecule has 4 heterocycles. The molecule has 2 unspecified atom stereocenters. The maximum Gasteiger partial charge on any atom is 0.391 e. The fourth-order valence-corrected chi connectivity index (χ4v) is 4.90. The molecule has 0 radical (unpaired) electrons. The fraction of sp³-hybridized carbons (Fsp3) is 0.160. The number of benzene rings is 1. The molecule has 1 aliphatic heterocycles. The van der Waals surface area contributed by atoms with Crippen molar-refractivity contribution in [3.05, 3.63) is 109 Å². The minimum absolute atomic E-state index is 0. The van der Waals surface area contributed by atoms with E-state index in [0.29, 0.717) is 45.1 Å². The summed E-state index contributed by atoms with van der Waals surface area (Å²) in [4.78, 5) is 19.3. The van der Waals surface area contributed by atoms with Crippen LogP contribution in [-0.2, 0) is 13.6 Å². The summed E-state index contributed by atoms with van der Waals surface area (Å²) in [5.41, 5.74) is 3.76. The molecular weight excluding hydrogens is 597 g/mol. The van der Waals surface area contributed by atoms with Gasteiger partial charge in [-0.1, -0.05) is 29.3 Å². The number of nitrogens with one attached hydrogen (secondary N) is 2. The van der Waals surface area contributed by atoms with Crippen LogP contribution in [0.15, 0.2) is 61.2 Å². The minimum atomic E-state index is -0.486. The first-order valence-corrected chi connectivity index (χ1v) is 12.1. The maximum absolute atomic E-state index is 13.2. The van der Waals surface area contributed by atoms with Gasteiger partial charge in [0.2, 0.25) is 6.33 Å². The predicted octanol–water partition coefficient (Wildman–Crippen LogP) is 1.07. The monoisotopic (exact) mass is 617 g/mol. The summed E-state index contributed by atoms with van der Waals surface area (Å²) in [6.45, 7) is 2.12. The molecule has 10 nitrogen and oxygen atoms in total. The van der Waals surface area contributed by atoms with Crippen LogP contribution in [0, 0.1) is 15.3 Å². The summed E-state index contributed by atoms with van der Waals surface area (Å²) in [5.74, 6) is 0.430. The second-order valence-electron chi connectivity index (χ2n) is 8.68. The van der Waals surface area contributed by atoms with E-state index in [9.17, 15) is 15.3 Å². The van der Waals surface area contributed by atoms with Gasteiger partial charge in [-0.25, -0.2) is 4.98 Å². The van der Waals surface area contributed by atoms with Crippen molar-refractivity contribution in [2.24, 2.45) is 7.05 Å². The summed E-state index contributed by atoms with van der Waals surface area (Å²) < 4.78 is 3.46. The Hall–Kier alpha value is -3.35. The molecule has 13 heteroatoms. The molecule has 5 rings (SSSR count). The zero-order valence-corrected chi connectivity index (χ0v) is 23.3. The molecule has 2 atom stereocenters. The molecule has 0 spiro atoms. The van der Waals surface area contributed by atoms with Crippen LogP contribution in [0.4, 0.5) is 17.3 Å². The number of imidazole rings is 1. The van der Waals surface area contributed by atoms with Crippen molar-refractivity contribution in [3.8, 4) is 0 Å². The van der Waals surface area contributed by atoms with E-state index in [4.69, 9.17) is 28.2 Å². The van der Waals surface area contributed by atoms with E-state index in [1.807, 2.05) is 48.1 Å². The minimum Gasteiger partial charge on any atom is -1.00 e. The summed E-state index contributed by atoms with van der Waals surface area (Å²) in [5, 5.41) is 28.4. The molecule has 0 bridgehead atoms. The zero-order valence-electron chi connectivity index (χ0n) is 20.2. The van der Waals surface area contributed by atoms with Crippen LogP contribution in [0.2, 0.25) is 10.0 Å². The second kappa shape index (κ2) is 11.2. The number of aromatic nitrogens is 4. The Bertz CT molecular complexity index is 1520. The number of aryl methyl sites for hydroxylation is 1. The highest BCUT2D eigenvalue weighted by atomic mass is 79.9. The maximum atomic E-state index is 13.2. The molecule has 1 aliphatic rings. The van der Waals surface area contributed by atoms with Gasteiger partial charge in [-0.15, -0.1) is 0 Å². The Morgan fingerprint density at radius 1 is 1.16 bits per heavy atom. The molecule has 2 N–H and O–H groups in total. The largest absolute Gasteiger partial charge is 1.00 e. The van der Waals surface area contributed by atoms with Crippen molar-refractivity contribution in [1.82, 2.24) is 14.5 Å². The van der Waals surface area contributed by atoms with Crippen LogP contribution in [-0.4, -0.2) is 19.5 Å². The van der Waals surface area contributed by atoms with E-state index in [-0.39, 0.29) is 27.9 Å². The van der Waals surface area contributed by atoms with E-state index in [1.54, 1.807) is 35.9 Å². The number of nitrogens with zero attached hydrogens (tertiary/aromatic N) is 5. The number of hydrogen-bond acceptors (Lipinski definition) is 6. The molecule has 4 aromatic rings. The van der Waals surface area contributed by atoms with Crippen molar-refractivity contribution < 1.29 is 31.5 Å². The van der Waals surface area contributed by atoms with Gasteiger partial charge in [0.25, 0.3) is 0 Å². The Morgan fingerprint density at radius 3 is 2.50 bits per heavy atom. The lowest BCUT2D eigenvalue weighted by molar-refractivity contribution is -0.804. The van der Waals surface area contributed by atoms with Crippen molar-refractivity contribution in [3.63, 3.8) is 0 Å². The second-order valence-corrected chi connectivity index (χ2v) is 9.49. The average molecular weight is 619 g/mol. The molecule has 0 saturated heterocycles. The van der Waals surface area contributed by atoms with E-state index >= 15 is 0 Å². The predicted molar refractivity (Wildman–Crippen MR) is 140 cm³/mol. The number of hydrogen-bond donors (Lipinski definition) is 2. The lowest BCUT2D eigenvalue weighted by atomic mass is 9.98. The summed E-state index contributed by atoms with van der Waals surface area (Å²) in [6.07, 6.45) is 6.83. The van der Waals surface area contributed by atoms with Crippen LogP contribution in [0.3, 0.4) is 0 Å². The summed E-state index contributed by atoms with van der Waals surface area (Å²) in [6, 6.07) is 12.1. The number of anilines is 2. The number of rotatable bonds is 6. The number of halogens is 3. The van der Waals surface area contributed by atoms with Gasteiger partial charge in [0.15, 0.2) is 24.6 Å².